The van der Waals surface area contributed by atoms with E-state index in [1.807, 2.05) is 30.3 Å². The first-order valence-electron chi connectivity index (χ1n) is 21.2. The molecule has 13 atom stereocenters. The monoisotopic (exact) mass is 867 g/mol. The summed E-state index contributed by atoms with van der Waals surface area (Å²) in [6.45, 7) is 8.17. The molecule has 3 aliphatic carbocycles. The zero-order chi connectivity index (χ0) is 45.2. The molecule has 0 amide bonds. The number of hydrogen-bond acceptors (Lipinski definition) is 15. The van der Waals surface area contributed by atoms with Gasteiger partial charge in [-0.2, -0.15) is 0 Å². The van der Waals surface area contributed by atoms with Gasteiger partial charge in [-0.15, -0.1) is 0 Å². The molecule has 5 aliphatic rings. The lowest BCUT2D eigenvalue weighted by molar-refractivity contribution is -0.346. The molecule has 4 fully saturated rings. The lowest BCUT2D eigenvalue weighted by Gasteiger charge is -2.67. The summed E-state index contributed by atoms with van der Waals surface area (Å²) in [5.41, 5.74) is -5.95. The largest absolute Gasteiger partial charge is 0.456 e. The molecular weight excluding hydrogens is 815 g/mol. The highest BCUT2D eigenvalue weighted by Crippen LogP contribution is 2.64. The Hall–Kier alpha value is -5.29. The SMILES string of the molecule is CC(=O)O[C@H]1C(=O)[C@@]2(C)[C@H]([C@H](OC(=O)c3ccccc3)[C@]3(O)C[C@H](OC(=O)[C@H](O)[C@@H](NC4OC4c4ccccc4)c4ccccc4)C(C)=C1C3(C)C)[C@]1(OC(C)=O)CO[C@@H]1C[C@@H]2O. The molecule has 2 heterocycles. The highest BCUT2D eigenvalue weighted by atomic mass is 16.6. The van der Waals surface area contributed by atoms with E-state index in [0.717, 1.165) is 12.5 Å². The molecule has 4 N–H and O–H groups in total. The zero-order valence-electron chi connectivity index (χ0n) is 35.9. The molecule has 2 bridgehead atoms. The molecular formula is C48H53NO14. The van der Waals surface area contributed by atoms with Crippen molar-refractivity contribution in [3.05, 3.63) is 119 Å². The summed E-state index contributed by atoms with van der Waals surface area (Å²) in [4.78, 5) is 70.3. The fourth-order valence-corrected chi connectivity index (χ4v) is 10.7. The number of epoxide rings is 1. The number of carbonyl (C=O) groups is 5. The molecule has 2 saturated carbocycles. The van der Waals surface area contributed by atoms with E-state index in [9.17, 15) is 34.5 Å². The predicted octanol–water partition coefficient (Wildman–Crippen LogP) is 3.99. The van der Waals surface area contributed by atoms with Gasteiger partial charge in [0.05, 0.1) is 35.6 Å². The second-order valence-corrected chi connectivity index (χ2v) is 18.1. The van der Waals surface area contributed by atoms with Crippen LogP contribution >= 0.6 is 0 Å². The third-order valence-electron chi connectivity index (χ3n) is 14.1. The Labute approximate surface area is 364 Å². The number of benzene rings is 3. The van der Waals surface area contributed by atoms with Crippen molar-refractivity contribution in [2.75, 3.05) is 6.61 Å². The molecule has 15 heteroatoms. The molecule has 0 radical (unpaired) electrons. The molecule has 63 heavy (non-hydrogen) atoms. The fraction of sp³-hybridized carbons (Fsp3) is 0.479. The van der Waals surface area contributed by atoms with Crippen LogP contribution in [0.3, 0.4) is 0 Å². The predicted molar refractivity (Wildman–Crippen MR) is 221 cm³/mol. The van der Waals surface area contributed by atoms with Crippen molar-refractivity contribution in [3.8, 4) is 0 Å². The van der Waals surface area contributed by atoms with Gasteiger partial charge in [-0.05, 0) is 48.3 Å². The Bertz CT molecular complexity index is 2300. The number of ketones is 1. The second-order valence-electron chi connectivity index (χ2n) is 18.1. The van der Waals surface area contributed by atoms with Crippen molar-refractivity contribution in [1.29, 1.82) is 0 Å². The molecule has 2 aliphatic heterocycles. The number of aliphatic hydroxyl groups excluding tert-OH is 2. The third kappa shape index (κ3) is 7.38. The maximum atomic E-state index is 15.5. The minimum absolute atomic E-state index is 0.0414. The number of hydrogen-bond donors (Lipinski definition) is 4. The van der Waals surface area contributed by atoms with Gasteiger partial charge < -0.3 is 43.7 Å². The summed E-state index contributed by atoms with van der Waals surface area (Å²) in [7, 11) is 0. The van der Waals surface area contributed by atoms with Crippen LogP contribution in [0.25, 0.3) is 0 Å². The van der Waals surface area contributed by atoms with E-state index in [4.69, 9.17) is 28.4 Å². The van der Waals surface area contributed by atoms with Crippen molar-refractivity contribution < 1.29 is 67.7 Å². The van der Waals surface area contributed by atoms with E-state index in [-0.39, 0.29) is 35.8 Å². The Morgan fingerprint density at radius 1 is 0.857 bits per heavy atom. The number of rotatable bonds is 11. The number of carbonyl (C=O) groups excluding carboxylic acids is 5. The Morgan fingerprint density at radius 3 is 2.06 bits per heavy atom. The van der Waals surface area contributed by atoms with Crippen LogP contribution in [-0.2, 0) is 47.6 Å². The molecule has 15 nitrogen and oxygen atoms in total. The molecule has 0 spiro atoms. The number of Topliss-reactive ketones (excluding diaryl/α,β-unsaturated/α-hetero) is 1. The first-order valence-corrected chi connectivity index (χ1v) is 21.2. The summed E-state index contributed by atoms with van der Waals surface area (Å²) >= 11 is 0. The number of nitrogens with one attached hydrogen (secondary N) is 1. The average molecular weight is 868 g/mol. The van der Waals surface area contributed by atoms with Crippen LogP contribution < -0.4 is 5.32 Å². The van der Waals surface area contributed by atoms with Gasteiger partial charge in [-0.25, -0.2) is 9.59 Å². The van der Waals surface area contributed by atoms with E-state index < -0.39 is 113 Å². The summed E-state index contributed by atoms with van der Waals surface area (Å²) in [5.74, 6) is -5.99. The van der Waals surface area contributed by atoms with Crippen molar-refractivity contribution in [2.24, 2.45) is 16.7 Å². The van der Waals surface area contributed by atoms with Crippen LogP contribution in [0.1, 0.15) is 88.0 Å². The minimum atomic E-state index is -2.35. The minimum Gasteiger partial charge on any atom is -0.456 e. The topological polar surface area (TPSA) is 217 Å². The van der Waals surface area contributed by atoms with Crippen molar-refractivity contribution >= 4 is 29.7 Å². The van der Waals surface area contributed by atoms with E-state index in [1.54, 1.807) is 69.3 Å². The van der Waals surface area contributed by atoms with Crippen molar-refractivity contribution in [3.63, 3.8) is 0 Å². The van der Waals surface area contributed by atoms with Gasteiger partial charge in [0, 0.05) is 32.1 Å². The normalized spacial score (nSPS) is 34.9. The summed E-state index contributed by atoms with van der Waals surface area (Å²) in [6, 6.07) is 25.1. The van der Waals surface area contributed by atoms with Crippen LogP contribution in [0, 0.1) is 16.7 Å². The smallest absolute Gasteiger partial charge is 0.338 e. The molecule has 2 unspecified atom stereocenters. The van der Waals surface area contributed by atoms with E-state index >= 15 is 4.79 Å². The molecule has 3 aromatic carbocycles. The zero-order valence-corrected chi connectivity index (χ0v) is 35.9. The third-order valence-corrected chi connectivity index (χ3v) is 14.1. The maximum absolute atomic E-state index is 15.5. The number of fused-ring (bicyclic) bond motifs is 5. The maximum Gasteiger partial charge on any atom is 0.338 e. The first kappa shape index (κ1) is 44.3. The second kappa shape index (κ2) is 16.4. The number of aliphatic hydroxyl groups is 3. The highest BCUT2D eigenvalue weighted by Gasteiger charge is 2.78. The van der Waals surface area contributed by atoms with Crippen molar-refractivity contribution in [1.82, 2.24) is 5.32 Å². The lowest BCUT2D eigenvalue weighted by Crippen LogP contribution is -2.82. The van der Waals surface area contributed by atoms with Crippen molar-refractivity contribution in [2.45, 2.75) is 121 Å². The summed E-state index contributed by atoms with van der Waals surface area (Å²) in [5, 5.41) is 41.0. The van der Waals surface area contributed by atoms with Crippen LogP contribution in [0.2, 0.25) is 0 Å². The Kier molecular flexibility index (Phi) is 11.5. The van der Waals surface area contributed by atoms with Crippen LogP contribution in [0.5, 0.6) is 0 Å². The number of esters is 4. The standard InChI is InChI=1S/C48H53NO14/c1-25-31(60-44(56)36(53)35(28-16-10-7-11-17-28)49-42-37(61-42)29-18-12-8-13-19-29)23-48(57)41(62-43(55)30-20-14-9-15-21-30)39-46(6,32(52)22-33-47(39,24-58-33)63-27(3)51)40(54)38(59-26(2)50)34(25)45(48,4)5/h7-21,31-33,35-39,41-42,49,52-53,57H,22-24H2,1-6H3/t31-,32-,33+,35-,36+,37?,38+,39-,41-,42?,46+,47-,48+/m0/s1. The summed E-state index contributed by atoms with van der Waals surface area (Å²) in [6.07, 6.45) is -11.0. The highest BCUT2D eigenvalue weighted by molar-refractivity contribution is 5.95. The van der Waals surface area contributed by atoms with Crippen LogP contribution in [0.15, 0.2) is 102 Å². The van der Waals surface area contributed by atoms with Crippen LogP contribution in [-0.4, -0.2) is 106 Å². The van der Waals surface area contributed by atoms with Gasteiger partial charge in [0.2, 0.25) is 0 Å². The van der Waals surface area contributed by atoms with E-state index in [0.29, 0.717) is 5.56 Å². The van der Waals surface area contributed by atoms with Gasteiger partial charge >= 0.3 is 23.9 Å². The molecule has 3 aromatic rings. The molecule has 334 valence electrons. The Balaban J connectivity index is 1.24. The van der Waals surface area contributed by atoms with Gasteiger partial charge in [0.1, 0.15) is 36.2 Å². The first-order chi connectivity index (χ1) is 29.8. The van der Waals surface area contributed by atoms with Gasteiger partial charge in [-0.3, -0.25) is 19.7 Å². The fourth-order valence-electron chi connectivity index (χ4n) is 10.7. The average Bonchev–Trinajstić information content (AvgIpc) is 4.03. The summed E-state index contributed by atoms with van der Waals surface area (Å²) < 4.78 is 36.4. The lowest BCUT2D eigenvalue weighted by atomic mass is 9.44. The van der Waals surface area contributed by atoms with E-state index in [1.165, 1.54) is 26.0 Å². The van der Waals surface area contributed by atoms with Gasteiger partial charge in [-0.1, -0.05) is 92.7 Å². The van der Waals surface area contributed by atoms with E-state index in [2.05, 4.69) is 5.32 Å². The van der Waals surface area contributed by atoms with Crippen LogP contribution in [0.4, 0.5) is 0 Å². The number of ether oxygens (including phenoxy) is 6. The van der Waals surface area contributed by atoms with Gasteiger partial charge in [0.15, 0.2) is 23.6 Å². The molecule has 8 rings (SSSR count). The molecule has 0 aromatic heterocycles. The van der Waals surface area contributed by atoms with Gasteiger partial charge in [0.25, 0.3) is 0 Å². The quantitative estimate of drug-likeness (QED) is 0.0928. The molecule has 2 saturated heterocycles. The Morgan fingerprint density at radius 2 is 1.48 bits per heavy atom.